The maximum atomic E-state index is 11.7. The van der Waals surface area contributed by atoms with Gasteiger partial charge in [-0.05, 0) is 28.7 Å². The third kappa shape index (κ3) is 3.67. The van der Waals surface area contributed by atoms with Crippen LogP contribution in [0.3, 0.4) is 0 Å². The standard InChI is InChI=1S/C21H18O2/c22-21(23)20(15-16-7-3-1-4-8-16)19-13-11-18(12-14-19)17-9-5-2-6-10-17/h1-14,20H,15H2,(H,22,23). The molecule has 0 radical (unpaired) electrons. The van der Waals surface area contributed by atoms with Crippen molar-refractivity contribution in [1.82, 2.24) is 0 Å². The fourth-order valence-electron chi connectivity index (χ4n) is 2.74. The van der Waals surface area contributed by atoms with Crippen molar-refractivity contribution < 1.29 is 9.90 Å². The molecule has 2 nitrogen and oxygen atoms in total. The Kier molecular flexibility index (Phi) is 4.53. The molecular formula is C21H18O2. The molecule has 3 aromatic carbocycles. The number of hydrogen-bond acceptors (Lipinski definition) is 1. The van der Waals surface area contributed by atoms with Gasteiger partial charge in [0, 0.05) is 0 Å². The molecule has 0 amide bonds. The van der Waals surface area contributed by atoms with Gasteiger partial charge >= 0.3 is 5.97 Å². The first-order valence-corrected chi connectivity index (χ1v) is 7.66. The molecule has 3 rings (SSSR count). The highest BCUT2D eigenvalue weighted by Gasteiger charge is 2.20. The van der Waals surface area contributed by atoms with Gasteiger partial charge in [-0.2, -0.15) is 0 Å². The molecule has 2 heteroatoms. The minimum atomic E-state index is -0.790. The zero-order valence-corrected chi connectivity index (χ0v) is 12.7. The van der Waals surface area contributed by atoms with E-state index in [1.807, 2.05) is 84.9 Å². The first kappa shape index (κ1) is 15.0. The van der Waals surface area contributed by atoms with Crippen molar-refractivity contribution in [3.63, 3.8) is 0 Å². The monoisotopic (exact) mass is 302 g/mol. The summed E-state index contributed by atoms with van der Waals surface area (Å²) >= 11 is 0. The van der Waals surface area contributed by atoms with Gasteiger partial charge in [0.1, 0.15) is 0 Å². The molecular weight excluding hydrogens is 284 g/mol. The van der Waals surface area contributed by atoms with Crippen LogP contribution >= 0.6 is 0 Å². The molecule has 0 saturated heterocycles. The zero-order chi connectivity index (χ0) is 16.1. The Hall–Kier alpha value is -2.87. The molecule has 0 aliphatic carbocycles. The number of carboxylic acid groups (broad SMARTS) is 1. The molecule has 23 heavy (non-hydrogen) atoms. The largest absolute Gasteiger partial charge is 0.481 e. The molecule has 0 bridgehead atoms. The Balaban J connectivity index is 1.85. The smallest absolute Gasteiger partial charge is 0.311 e. The molecule has 1 atom stereocenters. The van der Waals surface area contributed by atoms with E-state index in [0.29, 0.717) is 6.42 Å². The Bertz CT molecular complexity index is 762. The fourth-order valence-corrected chi connectivity index (χ4v) is 2.74. The molecule has 0 aliphatic rings. The zero-order valence-electron chi connectivity index (χ0n) is 12.7. The number of hydrogen-bond donors (Lipinski definition) is 1. The molecule has 0 fully saturated rings. The second-order valence-corrected chi connectivity index (χ2v) is 5.57. The Morgan fingerprint density at radius 3 is 1.83 bits per heavy atom. The summed E-state index contributed by atoms with van der Waals surface area (Å²) < 4.78 is 0. The van der Waals surface area contributed by atoms with Crippen molar-refractivity contribution in [1.29, 1.82) is 0 Å². The van der Waals surface area contributed by atoms with E-state index >= 15 is 0 Å². The predicted octanol–water partition coefficient (Wildman–Crippen LogP) is 4.76. The minimum absolute atomic E-state index is 0.501. The number of aliphatic carboxylic acids is 1. The van der Waals surface area contributed by atoms with E-state index in [1.54, 1.807) is 0 Å². The first-order valence-electron chi connectivity index (χ1n) is 7.66. The van der Waals surface area contributed by atoms with Gasteiger partial charge in [0.25, 0.3) is 0 Å². The van der Waals surface area contributed by atoms with E-state index in [9.17, 15) is 9.90 Å². The third-order valence-corrected chi connectivity index (χ3v) is 4.00. The van der Waals surface area contributed by atoms with E-state index < -0.39 is 11.9 Å². The summed E-state index contributed by atoms with van der Waals surface area (Å²) in [5, 5.41) is 9.57. The van der Waals surface area contributed by atoms with E-state index in [4.69, 9.17) is 0 Å². The lowest BCUT2D eigenvalue weighted by atomic mass is 9.91. The Morgan fingerprint density at radius 2 is 1.26 bits per heavy atom. The lowest BCUT2D eigenvalue weighted by molar-refractivity contribution is -0.138. The molecule has 114 valence electrons. The van der Waals surface area contributed by atoms with Gasteiger partial charge in [0.05, 0.1) is 5.92 Å². The minimum Gasteiger partial charge on any atom is -0.481 e. The van der Waals surface area contributed by atoms with Gasteiger partial charge in [-0.15, -0.1) is 0 Å². The SMILES string of the molecule is O=C(O)C(Cc1ccccc1)c1ccc(-c2ccccc2)cc1. The summed E-state index contributed by atoms with van der Waals surface area (Å²) in [6.07, 6.45) is 0.501. The highest BCUT2D eigenvalue weighted by Crippen LogP contribution is 2.25. The van der Waals surface area contributed by atoms with Crippen LogP contribution in [0.15, 0.2) is 84.9 Å². The van der Waals surface area contributed by atoms with Gasteiger partial charge in [-0.1, -0.05) is 84.9 Å². The molecule has 0 aliphatic heterocycles. The van der Waals surface area contributed by atoms with Crippen LogP contribution < -0.4 is 0 Å². The van der Waals surface area contributed by atoms with E-state index in [0.717, 1.165) is 22.3 Å². The lowest BCUT2D eigenvalue weighted by Gasteiger charge is -2.13. The Morgan fingerprint density at radius 1 is 0.739 bits per heavy atom. The van der Waals surface area contributed by atoms with Gasteiger partial charge in [0.2, 0.25) is 0 Å². The highest BCUT2D eigenvalue weighted by atomic mass is 16.4. The van der Waals surface area contributed by atoms with E-state index in [-0.39, 0.29) is 0 Å². The van der Waals surface area contributed by atoms with Crippen molar-refractivity contribution in [3.05, 3.63) is 96.1 Å². The summed E-state index contributed by atoms with van der Waals surface area (Å²) in [5.74, 6) is -1.32. The van der Waals surface area contributed by atoms with Crippen molar-refractivity contribution in [2.45, 2.75) is 12.3 Å². The second-order valence-electron chi connectivity index (χ2n) is 5.57. The number of benzene rings is 3. The summed E-state index contributed by atoms with van der Waals surface area (Å²) in [7, 11) is 0. The van der Waals surface area contributed by atoms with Gasteiger partial charge < -0.3 is 5.11 Å². The lowest BCUT2D eigenvalue weighted by Crippen LogP contribution is -2.14. The van der Waals surface area contributed by atoms with Crippen molar-refractivity contribution >= 4 is 5.97 Å². The molecule has 0 aromatic heterocycles. The Labute approximate surface area is 136 Å². The van der Waals surface area contributed by atoms with Crippen LogP contribution in [0, 0.1) is 0 Å². The molecule has 1 N–H and O–H groups in total. The molecule has 0 saturated carbocycles. The van der Waals surface area contributed by atoms with Crippen LogP contribution in [0.2, 0.25) is 0 Å². The summed E-state index contributed by atoms with van der Waals surface area (Å²) in [6, 6.07) is 27.7. The quantitative estimate of drug-likeness (QED) is 0.737. The summed E-state index contributed by atoms with van der Waals surface area (Å²) in [6.45, 7) is 0. The third-order valence-electron chi connectivity index (χ3n) is 4.00. The molecule has 3 aromatic rings. The van der Waals surface area contributed by atoms with Gasteiger partial charge in [0.15, 0.2) is 0 Å². The first-order chi connectivity index (χ1) is 11.2. The van der Waals surface area contributed by atoms with Crippen LogP contribution in [0.5, 0.6) is 0 Å². The van der Waals surface area contributed by atoms with Crippen LogP contribution in [0.4, 0.5) is 0 Å². The topological polar surface area (TPSA) is 37.3 Å². The molecule has 0 heterocycles. The predicted molar refractivity (Wildman–Crippen MR) is 92.4 cm³/mol. The van der Waals surface area contributed by atoms with E-state index in [1.165, 1.54) is 0 Å². The number of carboxylic acids is 1. The van der Waals surface area contributed by atoms with Crippen molar-refractivity contribution in [2.24, 2.45) is 0 Å². The average molecular weight is 302 g/mol. The van der Waals surface area contributed by atoms with Crippen molar-refractivity contribution in [3.8, 4) is 11.1 Å². The van der Waals surface area contributed by atoms with Crippen LogP contribution in [0.1, 0.15) is 17.0 Å². The highest BCUT2D eigenvalue weighted by molar-refractivity contribution is 5.77. The summed E-state index contributed by atoms with van der Waals surface area (Å²) in [4.78, 5) is 11.7. The maximum Gasteiger partial charge on any atom is 0.311 e. The number of carbonyl (C=O) groups is 1. The van der Waals surface area contributed by atoms with Crippen LogP contribution in [-0.4, -0.2) is 11.1 Å². The summed E-state index contributed by atoms with van der Waals surface area (Å²) in [5.41, 5.74) is 4.10. The molecule has 0 spiro atoms. The van der Waals surface area contributed by atoms with E-state index in [2.05, 4.69) is 0 Å². The maximum absolute atomic E-state index is 11.7. The number of rotatable bonds is 5. The van der Waals surface area contributed by atoms with Crippen molar-refractivity contribution in [2.75, 3.05) is 0 Å². The van der Waals surface area contributed by atoms with Gasteiger partial charge in [-0.25, -0.2) is 0 Å². The fraction of sp³-hybridized carbons (Fsp3) is 0.0952. The van der Waals surface area contributed by atoms with Crippen LogP contribution in [-0.2, 0) is 11.2 Å². The normalized spacial score (nSPS) is 11.8. The molecule has 1 unspecified atom stereocenters. The van der Waals surface area contributed by atoms with Gasteiger partial charge in [-0.3, -0.25) is 4.79 Å². The average Bonchev–Trinajstić information content (AvgIpc) is 2.61. The van der Waals surface area contributed by atoms with Crippen LogP contribution in [0.25, 0.3) is 11.1 Å². The second kappa shape index (κ2) is 6.93.